The maximum absolute atomic E-state index is 11.6. The van der Waals surface area contributed by atoms with E-state index in [1.807, 2.05) is 0 Å². The summed E-state index contributed by atoms with van der Waals surface area (Å²) in [5, 5.41) is 0. The third-order valence-electron chi connectivity index (χ3n) is 2.56. The van der Waals surface area contributed by atoms with Gasteiger partial charge in [-0.05, 0) is 44.6 Å². The van der Waals surface area contributed by atoms with Gasteiger partial charge >= 0.3 is 0 Å². The highest BCUT2D eigenvalue weighted by atomic mass is 16.1. The van der Waals surface area contributed by atoms with Crippen LogP contribution in [-0.4, -0.2) is 5.78 Å². The minimum atomic E-state index is 0.398. The van der Waals surface area contributed by atoms with E-state index in [4.69, 9.17) is 0 Å². The second-order valence-electron chi connectivity index (χ2n) is 3.64. The first-order chi connectivity index (χ1) is 5.75. The van der Waals surface area contributed by atoms with Crippen molar-refractivity contribution in [3.8, 4) is 0 Å². The predicted molar refractivity (Wildman–Crippen MR) is 51.1 cm³/mol. The minimum absolute atomic E-state index is 0.398. The number of carbonyl (C=O) groups excluding carboxylic acids is 1. The van der Waals surface area contributed by atoms with Crippen LogP contribution in [-0.2, 0) is 4.79 Å². The molecule has 0 heterocycles. The first kappa shape index (κ1) is 9.50. The van der Waals surface area contributed by atoms with Crippen LogP contribution in [0, 0.1) is 0 Å². The molecular weight excluding hydrogens is 148 g/mol. The standard InChI is InChI=1S/C11H18O/c1-3-6-11(12)10-8-5-4-7-9(10)2/h3-8H2,1-2H3. The summed E-state index contributed by atoms with van der Waals surface area (Å²) in [6.45, 7) is 4.18. The topological polar surface area (TPSA) is 17.1 Å². The highest BCUT2D eigenvalue weighted by molar-refractivity contribution is 5.96. The third kappa shape index (κ3) is 2.20. The van der Waals surface area contributed by atoms with E-state index in [0.717, 1.165) is 31.3 Å². The molecule has 1 rings (SSSR count). The molecule has 68 valence electrons. The van der Waals surface area contributed by atoms with Crippen LogP contribution < -0.4 is 0 Å². The zero-order valence-electron chi connectivity index (χ0n) is 8.15. The van der Waals surface area contributed by atoms with Gasteiger partial charge in [-0.3, -0.25) is 4.79 Å². The van der Waals surface area contributed by atoms with E-state index in [1.54, 1.807) is 0 Å². The smallest absolute Gasteiger partial charge is 0.158 e. The van der Waals surface area contributed by atoms with Gasteiger partial charge in [0.15, 0.2) is 5.78 Å². The van der Waals surface area contributed by atoms with Crippen molar-refractivity contribution >= 4 is 5.78 Å². The first-order valence-corrected chi connectivity index (χ1v) is 4.97. The molecule has 0 aromatic carbocycles. The molecule has 0 bridgehead atoms. The molecule has 1 aliphatic carbocycles. The highest BCUT2D eigenvalue weighted by Gasteiger charge is 2.14. The van der Waals surface area contributed by atoms with Crippen LogP contribution in [0.15, 0.2) is 11.1 Å². The van der Waals surface area contributed by atoms with Crippen LogP contribution in [0.4, 0.5) is 0 Å². The van der Waals surface area contributed by atoms with Crippen LogP contribution in [0.1, 0.15) is 52.4 Å². The van der Waals surface area contributed by atoms with Gasteiger partial charge in [-0.25, -0.2) is 0 Å². The van der Waals surface area contributed by atoms with Gasteiger partial charge < -0.3 is 0 Å². The number of hydrogen-bond donors (Lipinski definition) is 0. The Kier molecular flexibility index (Phi) is 3.51. The Balaban J connectivity index is 2.64. The van der Waals surface area contributed by atoms with Gasteiger partial charge in [0.05, 0.1) is 0 Å². The fourth-order valence-corrected chi connectivity index (χ4v) is 1.81. The molecular formula is C11H18O. The summed E-state index contributed by atoms with van der Waals surface area (Å²) in [5.74, 6) is 0.398. The van der Waals surface area contributed by atoms with Crippen LogP contribution in [0.3, 0.4) is 0 Å². The van der Waals surface area contributed by atoms with E-state index in [-0.39, 0.29) is 0 Å². The molecule has 0 aliphatic heterocycles. The van der Waals surface area contributed by atoms with Gasteiger partial charge in [0.1, 0.15) is 0 Å². The Morgan fingerprint density at radius 2 is 2.00 bits per heavy atom. The number of Topliss-reactive ketones (excluding diaryl/α,β-unsaturated/α-hetero) is 1. The average molecular weight is 166 g/mol. The molecule has 0 unspecified atom stereocenters. The lowest BCUT2D eigenvalue weighted by Crippen LogP contribution is -2.08. The average Bonchev–Trinajstić information content (AvgIpc) is 2.05. The zero-order chi connectivity index (χ0) is 8.97. The van der Waals surface area contributed by atoms with E-state index in [1.165, 1.54) is 18.4 Å². The van der Waals surface area contributed by atoms with E-state index >= 15 is 0 Å². The van der Waals surface area contributed by atoms with Crippen molar-refractivity contribution in [3.63, 3.8) is 0 Å². The maximum Gasteiger partial charge on any atom is 0.158 e. The Labute approximate surface area is 74.9 Å². The van der Waals surface area contributed by atoms with Crippen molar-refractivity contribution in [1.29, 1.82) is 0 Å². The van der Waals surface area contributed by atoms with Crippen LogP contribution >= 0.6 is 0 Å². The highest BCUT2D eigenvalue weighted by Crippen LogP contribution is 2.25. The van der Waals surface area contributed by atoms with E-state index in [0.29, 0.717) is 5.78 Å². The van der Waals surface area contributed by atoms with Crippen molar-refractivity contribution < 1.29 is 4.79 Å². The van der Waals surface area contributed by atoms with Crippen molar-refractivity contribution in [3.05, 3.63) is 11.1 Å². The fraction of sp³-hybridized carbons (Fsp3) is 0.727. The molecule has 0 fully saturated rings. The summed E-state index contributed by atoms with van der Waals surface area (Å²) in [4.78, 5) is 11.6. The zero-order valence-corrected chi connectivity index (χ0v) is 8.15. The monoisotopic (exact) mass is 166 g/mol. The minimum Gasteiger partial charge on any atom is -0.295 e. The van der Waals surface area contributed by atoms with Crippen molar-refractivity contribution in [1.82, 2.24) is 0 Å². The third-order valence-corrected chi connectivity index (χ3v) is 2.56. The lowest BCUT2D eigenvalue weighted by Gasteiger charge is -2.16. The normalized spacial score (nSPS) is 18.2. The molecule has 0 saturated heterocycles. The first-order valence-electron chi connectivity index (χ1n) is 4.97. The molecule has 1 aliphatic rings. The number of carbonyl (C=O) groups is 1. The summed E-state index contributed by atoms with van der Waals surface area (Å²) in [6, 6.07) is 0. The van der Waals surface area contributed by atoms with Crippen LogP contribution in [0.25, 0.3) is 0 Å². The summed E-state index contributed by atoms with van der Waals surface area (Å²) in [6.07, 6.45) is 6.38. The van der Waals surface area contributed by atoms with Gasteiger partial charge in [-0.2, -0.15) is 0 Å². The van der Waals surface area contributed by atoms with Crippen molar-refractivity contribution in [2.24, 2.45) is 0 Å². The largest absolute Gasteiger partial charge is 0.295 e. The van der Waals surface area contributed by atoms with E-state index in [2.05, 4.69) is 13.8 Å². The van der Waals surface area contributed by atoms with Crippen LogP contribution in [0.5, 0.6) is 0 Å². The molecule has 0 atom stereocenters. The molecule has 0 aromatic heterocycles. The molecule has 0 radical (unpaired) electrons. The molecule has 0 amide bonds. The Morgan fingerprint density at radius 3 is 2.58 bits per heavy atom. The lowest BCUT2D eigenvalue weighted by atomic mass is 9.89. The van der Waals surface area contributed by atoms with E-state index < -0.39 is 0 Å². The van der Waals surface area contributed by atoms with Gasteiger partial charge in [-0.1, -0.05) is 12.5 Å². The van der Waals surface area contributed by atoms with Gasteiger partial charge in [-0.15, -0.1) is 0 Å². The SMILES string of the molecule is CCCC(=O)C1=C(C)CCCC1. The summed E-state index contributed by atoms with van der Waals surface area (Å²) in [5.41, 5.74) is 2.49. The molecule has 0 aromatic rings. The molecule has 1 heteroatoms. The molecule has 12 heavy (non-hydrogen) atoms. The number of hydrogen-bond acceptors (Lipinski definition) is 1. The summed E-state index contributed by atoms with van der Waals surface area (Å²) >= 11 is 0. The van der Waals surface area contributed by atoms with Gasteiger partial charge in [0, 0.05) is 6.42 Å². The second kappa shape index (κ2) is 4.44. The van der Waals surface area contributed by atoms with Crippen LogP contribution in [0.2, 0.25) is 0 Å². The molecule has 0 spiro atoms. The second-order valence-corrected chi connectivity index (χ2v) is 3.64. The van der Waals surface area contributed by atoms with Crippen molar-refractivity contribution in [2.75, 3.05) is 0 Å². The fourth-order valence-electron chi connectivity index (χ4n) is 1.81. The molecule has 0 N–H and O–H groups in total. The summed E-state index contributed by atoms with van der Waals surface area (Å²) in [7, 11) is 0. The quantitative estimate of drug-likeness (QED) is 0.629. The van der Waals surface area contributed by atoms with E-state index in [9.17, 15) is 4.79 Å². The molecule has 0 saturated carbocycles. The van der Waals surface area contributed by atoms with Gasteiger partial charge in [0.25, 0.3) is 0 Å². The number of ketones is 1. The lowest BCUT2D eigenvalue weighted by molar-refractivity contribution is -0.115. The Bertz CT molecular complexity index is 201. The van der Waals surface area contributed by atoms with Crippen molar-refractivity contribution in [2.45, 2.75) is 52.4 Å². The maximum atomic E-state index is 11.6. The number of allylic oxidation sites excluding steroid dienone is 2. The summed E-state index contributed by atoms with van der Waals surface area (Å²) < 4.78 is 0. The number of rotatable bonds is 3. The predicted octanol–water partition coefficient (Wildman–Crippen LogP) is 3.25. The Morgan fingerprint density at radius 1 is 1.33 bits per heavy atom. The molecule has 1 nitrogen and oxygen atoms in total. The Hall–Kier alpha value is -0.590. The van der Waals surface area contributed by atoms with Gasteiger partial charge in [0.2, 0.25) is 0 Å².